The second-order valence-electron chi connectivity index (χ2n) is 3.97. The summed E-state index contributed by atoms with van der Waals surface area (Å²) in [5.74, 6) is 0. The molecule has 0 spiro atoms. The third kappa shape index (κ3) is 4.26. The zero-order valence-corrected chi connectivity index (χ0v) is 9.72. The largest absolute Gasteiger partial charge is 0.418 e. The van der Waals surface area contributed by atoms with E-state index >= 15 is 0 Å². The van der Waals surface area contributed by atoms with Crippen LogP contribution in [-0.4, -0.2) is 12.6 Å². The number of rotatable bonds is 5. The van der Waals surface area contributed by atoms with Gasteiger partial charge in [-0.15, -0.1) is 0 Å². The molecule has 0 radical (unpaired) electrons. The predicted octanol–water partition coefficient (Wildman–Crippen LogP) is 3.24. The first-order chi connectivity index (χ1) is 7.95. The van der Waals surface area contributed by atoms with E-state index in [1.54, 1.807) is 6.07 Å². The Labute approximate surface area is 99.0 Å². The molecular weight excluding hydrogens is 229 g/mol. The maximum Gasteiger partial charge on any atom is 0.418 e. The predicted molar refractivity (Wildman–Crippen MR) is 62.8 cm³/mol. The third-order valence-electron chi connectivity index (χ3n) is 2.45. The van der Waals surface area contributed by atoms with E-state index < -0.39 is 11.7 Å². The van der Waals surface area contributed by atoms with Crippen LogP contribution in [0, 0.1) is 0 Å². The second kappa shape index (κ2) is 5.91. The van der Waals surface area contributed by atoms with Crippen molar-refractivity contribution in [3.05, 3.63) is 29.8 Å². The Bertz CT molecular complexity index is 350. The number of alkyl halides is 3. The lowest BCUT2D eigenvalue weighted by atomic mass is 10.1. The van der Waals surface area contributed by atoms with Gasteiger partial charge in [0.15, 0.2) is 0 Å². The minimum Gasteiger partial charge on any atom is -0.383 e. The van der Waals surface area contributed by atoms with Gasteiger partial charge in [-0.2, -0.15) is 13.2 Å². The molecule has 0 saturated heterocycles. The van der Waals surface area contributed by atoms with Crippen LogP contribution in [0.25, 0.3) is 0 Å². The Morgan fingerprint density at radius 2 is 1.94 bits per heavy atom. The van der Waals surface area contributed by atoms with Crippen LogP contribution in [0.5, 0.6) is 0 Å². The molecular formula is C12H17F3N2. The van der Waals surface area contributed by atoms with E-state index in [-0.39, 0.29) is 11.7 Å². The summed E-state index contributed by atoms with van der Waals surface area (Å²) in [4.78, 5) is 0. The van der Waals surface area contributed by atoms with Crippen molar-refractivity contribution in [3.63, 3.8) is 0 Å². The Hall–Kier alpha value is -1.23. The maximum atomic E-state index is 12.6. The summed E-state index contributed by atoms with van der Waals surface area (Å²) in [6.45, 7) is 2.34. The standard InChI is InChI=1S/C12H17F3N2/c1-2-5-9(16)8-17-11-7-4-3-6-10(11)12(13,14)15/h3-4,6-7,9,17H,2,5,8,16H2,1H3. The molecule has 0 aliphatic rings. The molecule has 1 aromatic rings. The number of hydrogen-bond donors (Lipinski definition) is 2. The SMILES string of the molecule is CCCC(N)CNc1ccccc1C(F)(F)F. The number of para-hydroxylation sites is 1. The molecule has 0 saturated carbocycles. The van der Waals surface area contributed by atoms with Crippen LogP contribution in [0.3, 0.4) is 0 Å². The van der Waals surface area contributed by atoms with Crippen LogP contribution in [-0.2, 0) is 6.18 Å². The number of nitrogens with one attached hydrogen (secondary N) is 1. The molecule has 0 heterocycles. The minimum absolute atomic E-state index is 0.0894. The maximum absolute atomic E-state index is 12.6. The Morgan fingerprint density at radius 3 is 2.53 bits per heavy atom. The molecule has 0 aliphatic carbocycles. The molecule has 2 nitrogen and oxygen atoms in total. The zero-order chi connectivity index (χ0) is 12.9. The number of halogens is 3. The summed E-state index contributed by atoms with van der Waals surface area (Å²) in [6, 6.07) is 5.30. The van der Waals surface area contributed by atoms with Crippen LogP contribution in [0.15, 0.2) is 24.3 Å². The van der Waals surface area contributed by atoms with Crippen LogP contribution >= 0.6 is 0 Å². The Morgan fingerprint density at radius 1 is 1.29 bits per heavy atom. The van der Waals surface area contributed by atoms with Crippen LogP contribution in [0.4, 0.5) is 18.9 Å². The normalized spacial score (nSPS) is 13.5. The zero-order valence-electron chi connectivity index (χ0n) is 9.72. The third-order valence-corrected chi connectivity index (χ3v) is 2.45. The highest BCUT2D eigenvalue weighted by Crippen LogP contribution is 2.34. The fourth-order valence-corrected chi connectivity index (χ4v) is 1.60. The van der Waals surface area contributed by atoms with E-state index in [2.05, 4.69) is 5.32 Å². The van der Waals surface area contributed by atoms with Crippen molar-refractivity contribution in [1.29, 1.82) is 0 Å². The molecule has 0 aliphatic heterocycles. The fraction of sp³-hybridized carbons (Fsp3) is 0.500. The van der Waals surface area contributed by atoms with Crippen molar-refractivity contribution in [3.8, 4) is 0 Å². The molecule has 0 fully saturated rings. The van der Waals surface area contributed by atoms with Gasteiger partial charge in [-0.1, -0.05) is 25.5 Å². The van der Waals surface area contributed by atoms with Gasteiger partial charge in [0.25, 0.3) is 0 Å². The molecule has 1 atom stereocenters. The minimum atomic E-state index is -4.33. The number of nitrogens with two attached hydrogens (primary N) is 1. The molecule has 3 N–H and O–H groups in total. The average molecular weight is 246 g/mol. The summed E-state index contributed by atoms with van der Waals surface area (Å²) in [7, 11) is 0. The van der Waals surface area contributed by atoms with Gasteiger partial charge in [0, 0.05) is 18.3 Å². The highest BCUT2D eigenvalue weighted by atomic mass is 19.4. The molecule has 0 aromatic heterocycles. The van der Waals surface area contributed by atoms with Crippen LogP contribution < -0.4 is 11.1 Å². The molecule has 1 rings (SSSR count). The van der Waals surface area contributed by atoms with Gasteiger partial charge >= 0.3 is 6.18 Å². The Kier molecular flexibility index (Phi) is 4.81. The van der Waals surface area contributed by atoms with Gasteiger partial charge in [0.1, 0.15) is 0 Å². The lowest BCUT2D eigenvalue weighted by Gasteiger charge is -2.17. The first-order valence-corrected chi connectivity index (χ1v) is 5.60. The summed E-state index contributed by atoms with van der Waals surface area (Å²) in [5, 5.41) is 2.76. The number of hydrogen-bond acceptors (Lipinski definition) is 2. The van der Waals surface area contributed by atoms with Crippen molar-refractivity contribution in [2.24, 2.45) is 5.73 Å². The van der Waals surface area contributed by atoms with Gasteiger partial charge in [0.05, 0.1) is 5.56 Å². The summed E-state index contributed by atoms with van der Waals surface area (Å²) < 4.78 is 37.9. The van der Waals surface area contributed by atoms with E-state index in [1.807, 2.05) is 6.92 Å². The van der Waals surface area contributed by atoms with E-state index in [4.69, 9.17) is 5.73 Å². The van der Waals surface area contributed by atoms with Crippen molar-refractivity contribution in [2.45, 2.75) is 32.0 Å². The smallest absolute Gasteiger partial charge is 0.383 e. The van der Waals surface area contributed by atoms with Crippen molar-refractivity contribution in [2.75, 3.05) is 11.9 Å². The summed E-state index contributed by atoms with van der Waals surface area (Å²) in [5.41, 5.74) is 5.19. The second-order valence-corrected chi connectivity index (χ2v) is 3.97. The number of benzene rings is 1. The molecule has 0 amide bonds. The fourth-order valence-electron chi connectivity index (χ4n) is 1.60. The van der Waals surface area contributed by atoms with Crippen molar-refractivity contribution in [1.82, 2.24) is 0 Å². The highest BCUT2D eigenvalue weighted by Gasteiger charge is 2.33. The van der Waals surface area contributed by atoms with Gasteiger partial charge < -0.3 is 11.1 Å². The lowest BCUT2D eigenvalue weighted by Crippen LogP contribution is -2.29. The quantitative estimate of drug-likeness (QED) is 0.837. The van der Waals surface area contributed by atoms with Crippen molar-refractivity contribution < 1.29 is 13.2 Å². The van der Waals surface area contributed by atoms with Crippen molar-refractivity contribution >= 4 is 5.69 Å². The average Bonchev–Trinajstić information content (AvgIpc) is 2.26. The van der Waals surface area contributed by atoms with Gasteiger partial charge in [0.2, 0.25) is 0 Å². The summed E-state index contributed by atoms with van der Waals surface area (Å²) in [6.07, 6.45) is -2.62. The van der Waals surface area contributed by atoms with Gasteiger partial charge in [-0.25, -0.2) is 0 Å². The first-order valence-electron chi connectivity index (χ1n) is 5.60. The van der Waals surface area contributed by atoms with E-state index in [1.165, 1.54) is 12.1 Å². The lowest BCUT2D eigenvalue weighted by molar-refractivity contribution is -0.136. The highest BCUT2D eigenvalue weighted by molar-refractivity contribution is 5.52. The molecule has 17 heavy (non-hydrogen) atoms. The Balaban J connectivity index is 2.71. The van der Waals surface area contributed by atoms with Crippen LogP contribution in [0.1, 0.15) is 25.3 Å². The molecule has 0 bridgehead atoms. The first kappa shape index (κ1) is 13.8. The van der Waals surface area contributed by atoms with Crippen LogP contribution in [0.2, 0.25) is 0 Å². The topological polar surface area (TPSA) is 38.0 Å². The number of anilines is 1. The van der Waals surface area contributed by atoms with E-state index in [0.717, 1.165) is 18.9 Å². The van der Waals surface area contributed by atoms with E-state index in [9.17, 15) is 13.2 Å². The molecule has 96 valence electrons. The molecule has 5 heteroatoms. The van der Waals surface area contributed by atoms with Gasteiger partial charge in [-0.05, 0) is 18.6 Å². The summed E-state index contributed by atoms with van der Waals surface area (Å²) >= 11 is 0. The molecule has 1 unspecified atom stereocenters. The monoisotopic (exact) mass is 246 g/mol. The van der Waals surface area contributed by atoms with E-state index in [0.29, 0.717) is 6.54 Å². The molecule has 1 aromatic carbocycles. The van der Waals surface area contributed by atoms with Gasteiger partial charge in [-0.3, -0.25) is 0 Å².